The number of anilines is 1. The van der Waals surface area contributed by atoms with Gasteiger partial charge in [0.25, 0.3) is 0 Å². The molecule has 1 aromatic heterocycles. The maximum absolute atomic E-state index is 4.09. The van der Waals surface area contributed by atoms with Crippen molar-refractivity contribution in [2.24, 2.45) is 0 Å². The predicted octanol–water partition coefficient (Wildman–Crippen LogP) is 2.89. The van der Waals surface area contributed by atoms with Crippen LogP contribution in [0.2, 0.25) is 0 Å². The summed E-state index contributed by atoms with van der Waals surface area (Å²) in [7, 11) is 0. The SMILES string of the molecule is Brc1ccc(CCNc2ccncn2)cc1. The highest BCUT2D eigenvalue weighted by atomic mass is 79.9. The molecule has 0 fully saturated rings. The van der Waals surface area contributed by atoms with Gasteiger partial charge in [-0.1, -0.05) is 28.1 Å². The van der Waals surface area contributed by atoms with Crippen molar-refractivity contribution >= 4 is 21.7 Å². The van der Waals surface area contributed by atoms with Crippen LogP contribution in [0.3, 0.4) is 0 Å². The van der Waals surface area contributed by atoms with E-state index in [2.05, 4.69) is 55.5 Å². The molecule has 0 unspecified atom stereocenters. The second-order valence-electron chi connectivity index (χ2n) is 3.40. The summed E-state index contributed by atoms with van der Waals surface area (Å²) in [4.78, 5) is 7.96. The molecule has 0 atom stereocenters. The van der Waals surface area contributed by atoms with Crippen LogP contribution >= 0.6 is 15.9 Å². The monoisotopic (exact) mass is 277 g/mol. The van der Waals surface area contributed by atoms with Crippen molar-refractivity contribution in [1.29, 1.82) is 0 Å². The van der Waals surface area contributed by atoms with Crippen molar-refractivity contribution in [1.82, 2.24) is 9.97 Å². The third-order valence-electron chi connectivity index (χ3n) is 2.22. The highest BCUT2D eigenvalue weighted by Gasteiger charge is 1.94. The van der Waals surface area contributed by atoms with E-state index in [1.54, 1.807) is 12.5 Å². The van der Waals surface area contributed by atoms with Crippen LogP contribution in [-0.4, -0.2) is 16.5 Å². The molecule has 0 saturated carbocycles. The molecule has 1 heterocycles. The van der Waals surface area contributed by atoms with E-state index < -0.39 is 0 Å². The van der Waals surface area contributed by atoms with Gasteiger partial charge in [-0.05, 0) is 30.2 Å². The lowest BCUT2D eigenvalue weighted by atomic mass is 10.1. The predicted molar refractivity (Wildman–Crippen MR) is 68.4 cm³/mol. The molecule has 2 rings (SSSR count). The van der Waals surface area contributed by atoms with Gasteiger partial charge in [-0.25, -0.2) is 9.97 Å². The van der Waals surface area contributed by atoms with Crippen LogP contribution in [0, 0.1) is 0 Å². The van der Waals surface area contributed by atoms with Gasteiger partial charge in [-0.15, -0.1) is 0 Å². The van der Waals surface area contributed by atoms with Gasteiger partial charge in [0.2, 0.25) is 0 Å². The van der Waals surface area contributed by atoms with Crippen LogP contribution in [0.15, 0.2) is 47.3 Å². The lowest BCUT2D eigenvalue weighted by Gasteiger charge is -2.04. The normalized spacial score (nSPS) is 10.1. The first-order chi connectivity index (χ1) is 7.84. The molecule has 0 saturated heterocycles. The molecule has 0 bridgehead atoms. The number of hydrogen-bond acceptors (Lipinski definition) is 3. The fourth-order valence-corrected chi connectivity index (χ4v) is 1.65. The van der Waals surface area contributed by atoms with E-state index in [4.69, 9.17) is 0 Å². The average Bonchev–Trinajstić information content (AvgIpc) is 2.33. The Labute approximate surface area is 103 Å². The zero-order valence-corrected chi connectivity index (χ0v) is 10.3. The van der Waals surface area contributed by atoms with E-state index in [1.165, 1.54) is 5.56 Å². The minimum absolute atomic E-state index is 0.868. The summed E-state index contributed by atoms with van der Waals surface area (Å²) in [6.45, 7) is 0.874. The number of nitrogens with zero attached hydrogens (tertiary/aromatic N) is 2. The summed E-state index contributed by atoms with van der Waals surface area (Å²) in [5, 5.41) is 3.24. The van der Waals surface area contributed by atoms with Crippen molar-refractivity contribution in [2.45, 2.75) is 6.42 Å². The van der Waals surface area contributed by atoms with Gasteiger partial charge < -0.3 is 5.32 Å². The molecular formula is C12H12BrN3. The summed E-state index contributed by atoms with van der Waals surface area (Å²) in [5.74, 6) is 0.868. The molecule has 3 nitrogen and oxygen atoms in total. The zero-order valence-electron chi connectivity index (χ0n) is 8.73. The van der Waals surface area contributed by atoms with Crippen LogP contribution in [0.25, 0.3) is 0 Å². The van der Waals surface area contributed by atoms with E-state index in [0.29, 0.717) is 0 Å². The van der Waals surface area contributed by atoms with E-state index >= 15 is 0 Å². The first kappa shape index (κ1) is 11.1. The Bertz CT molecular complexity index is 428. The molecule has 2 aromatic rings. The molecule has 16 heavy (non-hydrogen) atoms. The summed E-state index contributed by atoms with van der Waals surface area (Å²) < 4.78 is 1.11. The number of halogens is 1. The molecule has 4 heteroatoms. The molecule has 0 aliphatic heterocycles. The standard InChI is InChI=1S/C12H12BrN3/c13-11-3-1-10(2-4-11)5-8-15-12-6-7-14-9-16-12/h1-4,6-7,9H,5,8H2,(H,14,15,16). The third kappa shape index (κ3) is 3.31. The molecule has 0 radical (unpaired) electrons. The fourth-order valence-electron chi connectivity index (χ4n) is 1.38. The van der Waals surface area contributed by atoms with Crippen LogP contribution < -0.4 is 5.32 Å². The first-order valence-corrected chi connectivity index (χ1v) is 5.88. The topological polar surface area (TPSA) is 37.8 Å². The maximum Gasteiger partial charge on any atom is 0.129 e. The third-order valence-corrected chi connectivity index (χ3v) is 2.74. The summed E-state index contributed by atoms with van der Waals surface area (Å²) in [6, 6.07) is 10.2. The Morgan fingerprint density at radius 1 is 1.12 bits per heavy atom. The summed E-state index contributed by atoms with van der Waals surface area (Å²) in [6.07, 6.45) is 4.26. The second kappa shape index (κ2) is 5.61. The fraction of sp³-hybridized carbons (Fsp3) is 0.167. The number of benzene rings is 1. The maximum atomic E-state index is 4.09. The lowest BCUT2D eigenvalue weighted by molar-refractivity contribution is 0.999. The van der Waals surface area contributed by atoms with Gasteiger partial charge >= 0.3 is 0 Å². The average molecular weight is 278 g/mol. The molecule has 0 amide bonds. The Morgan fingerprint density at radius 2 is 1.94 bits per heavy atom. The van der Waals surface area contributed by atoms with Gasteiger partial charge in [-0.2, -0.15) is 0 Å². The number of nitrogens with one attached hydrogen (secondary N) is 1. The van der Waals surface area contributed by atoms with Crippen molar-refractivity contribution in [3.8, 4) is 0 Å². The van der Waals surface area contributed by atoms with E-state index in [9.17, 15) is 0 Å². The largest absolute Gasteiger partial charge is 0.370 e. The lowest BCUT2D eigenvalue weighted by Crippen LogP contribution is -2.05. The summed E-state index contributed by atoms with van der Waals surface area (Å²) in [5.41, 5.74) is 1.31. The Morgan fingerprint density at radius 3 is 2.62 bits per heavy atom. The van der Waals surface area contributed by atoms with Gasteiger partial charge in [0.1, 0.15) is 12.1 Å². The van der Waals surface area contributed by atoms with Gasteiger partial charge in [0.05, 0.1) is 0 Å². The minimum atomic E-state index is 0.868. The van der Waals surface area contributed by atoms with Crippen molar-refractivity contribution in [3.05, 3.63) is 52.9 Å². The van der Waals surface area contributed by atoms with E-state index in [0.717, 1.165) is 23.3 Å². The molecule has 1 N–H and O–H groups in total. The number of aromatic nitrogens is 2. The van der Waals surface area contributed by atoms with E-state index in [1.807, 2.05) is 6.07 Å². The highest BCUT2D eigenvalue weighted by molar-refractivity contribution is 9.10. The van der Waals surface area contributed by atoms with Crippen LogP contribution in [0.1, 0.15) is 5.56 Å². The number of hydrogen-bond donors (Lipinski definition) is 1. The first-order valence-electron chi connectivity index (χ1n) is 5.09. The Balaban J connectivity index is 1.82. The molecule has 0 aliphatic carbocycles. The smallest absolute Gasteiger partial charge is 0.129 e. The van der Waals surface area contributed by atoms with Crippen LogP contribution in [0.4, 0.5) is 5.82 Å². The van der Waals surface area contributed by atoms with Crippen molar-refractivity contribution < 1.29 is 0 Å². The van der Waals surface area contributed by atoms with Crippen molar-refractivity contribution in [2.75, 3.05) is 11.9 Å². The molecular weight excluding hydrogens is 266 g/mol. The van der Waals surface area contributed by atoms with Crippen LogP contribution in [0.5, 0.6) is 0 Å². The van der Waals surface area contributed by atoms with Gasteiger partial charge in [-0.3, -0.25) is 0 Å². The Kier molecular flexibility index (Phi) is 3.88. The quantitative estimate of drug-likeness (QED) is 0.934. The van der Waals surface area contributed by atoms with Crippen molar-refractivity contribution in [3.63, 3.8) is 0 Å². The highest BCUT2D eigenvalue weighted by Crippen LogP contribution is 2.11. The van der Waals surface area contributed by atoms with Gasteiger partial charge in [0, 0.05) is 17.2 Å². The molecule has 82 valence electrons. The molecule has 0 spiro atoms. The molecule has 0 aliphatic rings. The Hall–Kier alpha value is -1.42. The van der Waals surface area contributed by atoms with Crippen LogP contribution in [-0.2, 0) is 6.42 Å². The second-order valence-corrected chi connectivity index (χ2v) is 4.31. The molecule has 1 aromatic carbocycles. The zero-order chi connectivity index (χ0) is 11.2. The van der Waals surface area contributed by atoms with E-state index in [-0.39, 0.29) is 0 Å². The number of rotatable bonds is 4. The summed E-state index contributed by atoms with van der Waals surface area (Å²) >= 11 is 3.42. The minimum Gasteiger partial charge on any atom is -0.370 e. The van der Waals surface area contributed by atoms with Gasteiger partial charge in [0.15, 0.2) is 0 Å².